The third-order valence-corrected chi connectivity index (χ3v) is 2.81. The number of nitrogens with one attached hydrogen (secondary N) is 1. The molecule has 1 aromatic carbocycles. The first kappa shape index (κ1) is 13.6. The predicted octanol–water partition coefficient (Wildman–Crippen LogP) is 1.18. The van der Waals surface area contributed by atoms with E-state index < -0.39 is 0 Å². The molecule has 0 atom stereocenters. The Balaban J connectivity index is 2.43. The van der Waals surface area contributed by atoms with Gasteiger partial charge >= 0.3 is 0 Å². The van der Waals surface area contributed by atoms with E-state index in [-0.39, 0.29) is 5.91 Å². The van der Waals surface area contributed by atoms with Crippen LogP contribution in [0, 0.1) is 0 Å². The minimum atomic E-state index is -0.210. The molecule has 1 amide bonds. The maximum absolute atomic E-state index is 12.1. The van der Waals surface area contributed by atoms with Crippen molar-refractivity contribution in [1.82, 2.24) is 10.2 Å². The van der Waals surface area contributed by atoms with Crippen molar-refractivity contribution >= 4 is 16.9 Å². The number of furan rings is 1. The van der Waals surface area contributed by atoms with Gasteiger partial charge in [0.05, 0.1) is 0 Å². The van der Waals surface area contributed by atoms with Crippen LogP contribution in [0.1, 0.15) is 16.1 Å². The van der Waals surface area contributed by atoms with Crippen molar-refractivity contribution in [2.75, 3.05) is 27.2 Å². The number of para-hydroxylation sites is 1. The second kappa shape index (κ2) is 5.86. The molecule has 0 saturated heterocycles. The number of amides is 1. The van der Waals surface area contributed by atoms with Gasteiger partial charge in [-0.15, -0.1) is 0 Å². The molecule has 1 aromatic heterocycles. The van der Waals surface area contributed by atoms with Crippen LogP contribution in [0.4, 0.5) is 0 Å². The Bertz CT molecular complexity index is 575. The number of carbonyl (C=O) groups is 1. The van der Waals surface area contributed by atoms with Crippen LogP contribution in [0.15, 0.2) is 28.7 Å². The fourth-order valence-corrected chi connectivity index (χ4v) is 2.02. The summed E-state index contributed by atoms with van der Waals surface area (Å²) in [6, 6.07) is 7.68. The number of benzene rings is 1. The Morgan fingerprint density at radius 1 is 1.37 bits per heavy atom. The van der Waals surface area contributed by atoms with Gasteiger partial charge in [-0.3, -0.25) is 4.79 Å². The summed E-state index contributed by atoms with van der Waals surface area (Å²) in [5, 5.41) is 3.73. The van der Waals surface area contributed by atoms with Crippen LogP contribution in [0.25, 0.3) is 11.0 Å². The first-order valence-corrected chi connectivity index (χ1v) is 6.27. The van der Waals surface area contributed by atoms with E-state index in [1.54, 1.807) is 0 Å². The summed E-state index contributed by atoms with van der Waals surface area (Å²) in [7, 11) is 3.92. The first-order valence-electron chi connectivity index (χ1n) is 6.27. The van der Waals surface area contributed by atoms with Crippen molar-refractivity contribution in [2.24, 2.45) is 5.73 Å². The van der Waals surface area contributed by atoms with Crippen molar-refractivity contribution in [3.63, 3.8) is 0 Å². The number of fused-ring (bicyclic) bond motifs is 1. The largest absolute Gasteiger partial charge is 0.451 e. The van der Waals surface area contributed by atoms with Gasteiger partial charge in [-0.05, 0) is 20.2 Å². The molecule has 2 rings (SSSR count). The van der Waals surface area contributed by atoms with Gasteiger partial charge in [0.1, 0.15) is 5.58 Å². The molecule has 2 aromatic rings. The highest BCUT2D eigenvalue weighted by Crippen LogP contribution is 2.26. The van der Waals surface area contributed by atoms with Crippen LogP contribution in [-0.4, -0.2) is 38.0 Å². The molecule has 0 bridgehead atoms. The third kappa shape index (κ3) is 2.94. The number of rotatable bonds is 5. The highest BCUT2D eigenvalue weighted by molar-refractivity contribution is 5.99. The van der Waals surface area contributed by atoms with Crippen molar-refractivity contribution in [3.05, 3.63) is 35.6 Å². The van der Waals surface area contributed by atoms with Gasteiger partial charge in [-0.2, -0.15) is 0 Å². The van der Waals surface area contributed by atoms with Crippen LogP contribution in [0.5, 0.6) is 0 Å². The molecule has 0 aliphatic rings. The van der Waals surface area contributed by atoms with Crippen molar-refractivity contribution < 1.29 is 9.21 Å². The molecule has 0 saturated carbocycles. The molecule has 3 N–H and O–H groups in total. The molecule has 102 valence electrons. The molecule has 0 spiro atoms. The SMILES string of the molecule is CN(C)Cc1c(C(=O)NCCN)oc2ccccc12. The number of nitrogens with two attached hydrogens (primary N) is 1. The molecule has 5 nitrogen and oxygen atoms in total. The van der Waals surface area contributed by atoms with E-state index in [1.165, 1.54) is 0 Å². The monoisotopic (exact) mass is 261 g/mol. The van der Waals surface area contributed by atoms with E-state index in [0.717, 1.165) is 16.5 Å². The summed E-state index contributed by atoms with van der Waals surface area (Å²) in [5.74, 6) is 0.168. The standard InChI is InChI=1S/C14H19N3O2/c1-17(2)9-11-10-5-3-4-6-12(10)19-13(11)14(18)16-8-7-15/h3-6H,7-9,15H2,1-2H3,(H,16,18). The van der Waals surface area contributed by atoms with Gasteiger partial charge in [-0.1, -0.05) is 18.2 Å². The van der Waals surface area contributed by atoms with Crippen LogP contribution >= 0.6 is 0 Å². The van der Waals surface area contributed by atoms with Gasteiger partial charge in [0.2, 0.25) is 0 Å². The zero-order chi connectivity index (χ0) is 13.8. The average molecular weight is 261 g/mol. The van der Waals surface area contributed by atoms with E-state index in [1.807, 2.05) is 43.3 Å². The van der Waals surface area contributed by atoms with E-state index in [0.29, 0.717) is 25.4 Å². The molecule has 0 aliphatic heterocycles. The molecule has 5 heteroatoms. The fourth-order valence-electron chi connectivity index (χ4n) is 2.02. The molecule has 0 fully saturated rings. The van der Waals surface area contributed by atoms with Crippen molar-refractivity contribution in [2.45, 2.75) is 6.54 Å². The maximum atomic E-state index is 12.1. The highest BCUT2D eigenvalue weighted by atomic mass is 16.3. The number of nitrogens with zero attached hydrogens (tertiary/aromatic N) is 1. The van der Waals surface area contributed by atoms with E-state index >= 15 is 0 Å². The minimum absolute atomic E-state index is 0.210. The number of hydrogen-bond acceptors (Lipinski definition) is 4. The Morgan fingerprint density at radius 3 is 2.79 bits per heavy atom. The topological polar surface area (TPSA) is 71.5 Å². The minimum Gasteiger partial charge on any atom is -0.451 e. The van der Waals surface area contributed by atoms with Gasteiger partial charge in [0.25, 0.3) is 5.91 Å². The Labute approximate surface area is 112 Å². The summed E-state index contributed by atoms with van der Waals surface area (Å²) in [4.78, 5) is 14.1. The fraction of sp³-hybridized carbons (Fsp3) is 0.357. The summed E-state index contributed by atoms with van der Waals surface area (Å²) >= 11 is 0. The lowest BCUT2D eigenvalue weighted by molar-refractivity contribution is 0.0927. The second-order valence-corrected chi connectivity index (χ2v) is 4.69. The Morgan fingerprint density at radius 2 is 2.11 bits per heavy atom. The van der Waals surface area contributed by atoms with Gasteiger partial charge in [0, 0.05) is 30.6 Å². The smallest absolute Gasteiger partial charge is 0.287 e. The molecule has 0 unspecified atom stereocenters. The normalized spacial score (nSPS) is 11.2. The van der Waals surface area contributed by atoms with E-state index in [9.17, 15) is 4.79 Å². The van der Waals surface area contributed by atoms with Crippen molar-refractivity contribution in [1.29, 1.82) is 0 Å². The predicted molar refractivity (Wildman–Crippen MR) is 75.0 cm³/mol. The molecular formula is C14H19N3O2. The Hall–Kier alpha value is -1.85. The van der Waals surface area contributed by atoms with Crippen molar-refractivity contribution in [3.8, 4) is 0 Å². The lowest BCUT2D eigenvalue weighted by Crippen LogP contribution is -2.29. The van der Waals surface area contributed by atoms with Crippen LogP contribution in [0.3, 0.4) is 0 Å². The van der Waals surface area contributed by atoms with Crippen LogP contribution in [0.2, 0.25) is 0 Å². The molecule has 19 heavy (non-hydrogen) atoms. The lowest BCUT2D eigenvalue weighted by Gasteiger charge is -2.10. The zero-order valence-electron chi connectivity index (χ0n) is 11.3. The average Bonchev–Trinajstić information content (AvgIpc) is 2.74. The van der Waals surface area contributed by atoms with Gasteiger partial charge in [-0.25, -0.2) is 0 Å². The summed E-state index contributed by atoms with van der Waals surface area (Å²) in [6.07, 6.45) is 0. The second-order valence-electron chi connectivity index (χ2n) is 4.69. The third-order valence-electron chi connectivity index (χ3n) is 2.81. The molecular weight excluding hydrogens is 242 g/mol. The number of carbonyl (C=O) groups excluding carboxylic acids is 1. The van der Waals surface area contributed by atoms with Gasteiger partial charge < -0.3 is 20.4 Å². The van der Waals surface area contributed by atoms with Crippen LogP contribution in [-0.2, 0) is 6.54 Å². The quantitative estimate of drug-likeness (QED) is 0.848. The maximum Gasteiger partial charge on any atom is 0.287 e. The summed E-state index contributed by atoms with van der Waals surface area (Å²) in [6.45, 7) is 1.51. The van der Waals surface area contributed by atoms with Crippen LogP contribution < -0.4 is 11.1 Å². The summed E-state index contributed by atoms with van der Waals surface area (Å²) < 4.78 is 5.68. The number of hydrogen-bond donors (Lipinski definition) is 2. The first-order chi connectivity index (χ1) is 9.13. The molecule has 0 radical (unpaired) electrons. The van der Waals surface area contributed by atoms with E-state index in [4.69, 9.17) is 10.2 Å². The van der Waals surface area contributed by atoms with Gasteiger partial charge in [0.15, 0.2) is 5.76 Å². The highest BCUT2D eigenvalue weighted by Gasteiger charge is 2.20. The molecule has 0 aliphatic carbocycles. The van der Waals surface area contributed by atoms with E-state index in [2.05, 4.69) is 5.32 Å². The zero-order valence-corrected chi connectivity index (χ0v) is 11.3. The summed E-state index contributed by atoms with van der Waals surface area (Å²) in [5.41, 5.74) is 7.04. The Kier molecular flexibility index (Phi) is 4.19. The molecule has 1 heterocycles. The lowest BCUT2D eigenvalue weighted by atomic mass is 10.1.